The van der Waals surface area contributed by atoms with Gasteiger partial charge in [-0.2, -0.15) is 0 Å². The smallest absolute Gasteiger partial charge is 0.319 e. The van der Waals surface area contributed by atoms with Crippen molar-refractivity contribution in [3.05, 3.63) is 60.2 Å². The summed E-state index contributed by atoms with van der Waals surface area (Å²) < 4.78 is 10.7. The molecule has 2 aromatic rings. The minimum absolute atomic E-state index is 0.237. The number of anilines is 1. The highest BCUT2D eigenvalue weighted by Crippen LogP contribution is 2.23. The quantitative estimate of drug-likeness (QED) is 0.693. The minimum atomic E-state index is -0.237. The molecule has 0 unspecified atom stereocenters. The first-order valence-corrected chi connectivity index (χ1v) is 8.09. The molecule has 0 bridgehead atoms. The van der Waals surface area contributed by atoms with Crippen molar-refractivity contribution < 1.29 is 14.3 Å². The van der Waals surface area contributed by atoms with Gasteiger partial charge in [-0.3, -0.25) is 0 Å². The molecule has 24 heavy (non-hydrogen) atoms. The van der Waals surface area contributed by atoms with Crippen LogP contribution in [0.25, 0.3) is 0 Å². The molecule has 2 rings (SSSR count). The topological polar surface area (TPSA) is 59.6 Å². The lowest BCUT2D eigenvalue weighted by molar-refractivity contribution is 0.172. The molecule has 5 heteroatoms. The largest absolute Gasteiger partial charge is 0.491 e. The summed E-state index contributed by atoms with van der Waals surface area (Å²) >= 11 is 0. The van der Waals surface area contributed by atoms with Crippen molar-refractivity contribution >= 4 is 11.7 Å². The first kappa shape index (κ1) is 17.8. The Bertz CT molecular complexity index is 617. The van der Waals surface area contributed by atoms with Crippen molar-refractivity contribution in [2.24, 2.45) is 0 Å². The minimum Gasteiger partial charge on any atom is -0.491 e. The fraction of sp³-hybridized carbons (Fsp3) is 0.316. The Morgan fingerprint density at radius 2 is 1.75 bits per heavy atom. The Morgan fingerprint density at radius 1 is 1.00 bits per heavy atom. The van der Waals surface area contributed by atoms with Gasteiger partial charge < -0.3 is 20.1 Å². The second kappa shape index (κ2) is 10.3. The molecule has 5 nitrogen and oxygen atoms in total. The van der Waals surface area contributed by atoms with Crippen LogP contribution in [0, 0.1) is 0 Å². The molecule has 2 amide bonds. The van der Waals surface area contributed by atoms with Gasteiger partial charge in [0.15, 0.2) is 0 Å². The molecule has 0 aliphatic carbocycles. The SMILES string of the molecule is COCCCOc1ccccc1NC(=O)NCCc1ccccc1. The second-order valence-corrected chi connectivity index (χ2v) is 5.31. The molecule has 0 spiro atoms. The highest BCUT2D eigenvalue weighted by atomic mass is 16.5. The van der Waals surface area contributed by atoms with E-state index in [1.807, 2.05) is 54.6 Å². The summed E-state index contributed by atoms with van der Waals surface area (Å²) in [5.74, 6) is 0.659. The molecular weight excluding hydrogens is 304 g/mol. The number of rotatable bonds is 9. The third-order valence-electron chi connectivity index (χ3n) is 3.43. The third kappa shape index (κ3) is 6.30. The van der Waals surface area contributed by atoms with Gasteiger partial charge in [-0.05, 0) is 24.1 Å². The van der Waals surface area contributed by atoms with Gasteiger partial charge in [0.1, 0.15) is 5.75 Å². The zero-order valence-corrected chi connectivity index (χ0v) is 14.0. The summed E-state index contributed by atoms with van der Waals surface area (Å²) in [6, 6.07) is 17.2. The average Bonchev–Trinajstić information content (AvgIpc) is 2.61. The van der Waals surface area contributed by atoms with Crippen molar-refractivity contribution in [1.29, 1.82) is 0 Å². The molecule has 0 saturated carbocycles. The normalized spacial score (nSPS) is 10.2. The van der Waals surface area contributed by atoms with Crippen LogP contribution in [0.3, 0.4) is 0 Å². The Hall–Kier alpha value is -2.53. The van der Waals surface area contributed by atoms with E-state index in [1.165, 1.54) is 5.56 Å². The summed E-state index contributed by atoms with van der Waals surface area (Å²) in [7, 11) is 1.66. The van der Waals surface area contributed by atoms with E-state index in [1.54, 1.807) is 7.11 Å². The van der Waals surface area contributed by atoms with E-state index in [0.717, 1.165) is 12.8 Å². The fourth-order valence-electron chi connectivity index (χ4n) is 2.21. The van der Waals surface area contributed by atoms with Crippen LogP contribution in [-0.4, -0.2) is 32.9 Å². The number of urea groups is 1. The van der Waals surface area contributed by atoms with Gasteiger partial charge in [0.2, 0.25) is 0 Å². The van der Waals surface area contributed by atoms with Gasteiger partial charge in [-0.1, -0.05) is 42.5 Å². The van der Waals surface area contributed by atoms with Gasteiger partial charge in [0.25, 0.3) is 0 Å². The first-order chi connectivity index (χ1) is 11.8. The van der Waals surface area contributed by atoms with Crippen LogP contribution in [0.1, 0.15) is 12.0 Å². The number of benzene rings is 2. The van der Waals surface area contributed by atoms with Crippen molar-refractivity contribution in [2.45, 2.75) is 12.8 Å². The number of amides is 2. The number of carbonyl (C=O) groups is 1. The number of hydrogen-bond acceptors (Lipinski definition) is 3. The number of para-hydroxylation sites is 2. The predicted octanol–water partition coefficient (Wildman–Crippen LogP) is 3.47. The second-order valence-electron chi connectivity index (χ2n) is 5.31. The van der Waals surface area contributed by atoms with Crippen LogP contribution in [0.2, 0.25) is 0 Å². The molecule has 0 heterocycles. The molecule has 0 aromatic heterocycles. The summed E-state index contributed by atoms with van der Waals surface area (Å²) in [6.45, 7) is 1.77. The van der Waals surface area contributed by atoms with Crippen LogP contribution < -0.4 is 15.4 Å². The fourth-order valence-corrected chi connectivity index (χ4v) is 2.21. The summed E-state index contributed by atoms with van der Waals surface area (Å²) in [5, 5.41) is 5.69. The molecular formula is C19H24N2O3. The molecule has 0 aliphatic heterocycles. The van der Waals surface area contributed by atoms with Crippen LogP contribution in [0.15, 0.2) is 54.6 Å². The molecule has 0 aliphatic rings. The highest BCUT2D eigenvalue weighted by molar-refractivity contribution is 5.90. The van der Waals surface area contributed by atoms with Crippen molar-refractivity contribution in [2.75, 3.05) is 32.2 Å². The molecule has 0 saturated heterocycles. The summed E-state index contributed by atoms with van der Waals surface area (Å²) in [4.78, 5) is 12.0. The van der Waals surface area contributed by atoms with Crippen molar-refractivity contribution in [3.8, 4) is 5.75 Å². The monoisotopic (exact) mass is 328 g/mol. The Morgan fingerprint density at radius 3 is 2.54 bits per heavy atom. The Labute approximate surface area is 143 Å². The maximum Gasteiger partial charge on any atom is 0.319 e. The summed E-state index contributed by atoms with van der Waals surface area (Å²) in [6.07, 6.45) is 1.59. The Kier molecular flexibility index (Phi) is 7.63. The van der Waals surface area contributed by atoms with E-state index in [0.29, 0.717) is 31.2 Å². The van der Waals surface area contributed by atoms with Gasteiger partial charge in [0, 0.05) is 26.7 Å². The van der Waals surface area contributed by atoms with Crippen molar-refractivity contribution in [3.63, 3.8) is 0 Å². The maximum atomic E-state index is 12.0. The summed E-state index contributed by atoms with van der Waals surface area (Å²) in [5.41, 5.74) is 1.85. The molecule has 0 atom stereocenters. The molecule has 0 radical (unpaired) electrons. The van der Waals surface area contributed by atoms with E-state index < -0.39 is 0 Å². The third-order valence-corrected chi connectivity index (χ3v) is 3.43. The predicted molar refractivity (Wildman–Crippen MR) is 95.6 cm³/mol. The number of nitrogens with one attached hydrogen (secondary N) is 2. The van der Waals surface area contributed by atoms with Crippen LogP contribution in [0.4, 0.5) is 10.5 Å². The van der Waals surface area contributed by atoms with Gasteiger partial charge in [-0.15, -0.1) is 0 Å². The van der Waals surface area contributed by atoms with E-state index >= 15 is 0 Å². The Balaban J connectivity index is 1.78. The molecule has 0 fully saturated rings. The number of ether oxygens (including phenoxy) is 2. The van der Waals surface area contributed by atoms with Gasteiger partial charge >= 0.3 is 6.03 Å². The van der Waals surface area contributed by atoms with Crippen LogP contribution in [0.5, 0.6) is 5.75 Å². The lowest BCUT2D eigenvalue weighted by Gasteiger charge is -2.13. The number of carbonyl (C=O) groups excluding carboxylic acids is 1. The first-order valence-electron chi connectivity index (χ1n) is 8.09. The van der Waals surface area contributed by atoms with Crippen LogP contribution in [-0.2, 0) is 11.2 Å². The zero-order chi connectivity index (χ0) is 17.0. The number of methoxy groups -OCH3 is 1. The highest BCUT2D eigenvalue weighted by Gasteiger charge is 2.07. The van der Waals surface area contributed by atoms with Crippen molar-refractivity contribution in [1.82, 2.24) is 5.32 Å². The zero-order valence-electron chi connectivity index (χ0n) is 14.0. The van der Waals surface area contributed by atoms with Gasteiger partial charge in [-0.25, -0.2) is 4.79 Å². The van der Waals surface area contributed by atoms with E-state index in [4.69, 9.17) is 9.47 Å². The molecule has 2 N–H and O–H groups in total. The van der Waals surface area contributed by atoms with E-state index in [9.17, 15) is 4.79 Å². The van der Waals surface area contributed by atoms with Gasteiger partial charge in [0.05, 0.1) is 12.3 Å². The molecule has 2 aromatic carbocycles. The number of hydrogen-bond donors (Lipinski definition) is 2. The lowest BCUT2D eigenvalue weighted by Crippen LogP contribution is -2.30. The molecule has 128 valence electrons. The lowest BCUT2D eigenvalue weighted by atomic mass is 10.1. The maximum absolute atomic E-state index is 12.0. The van der Waals surface area contributed by atoms with Crippen LogP contribution >= 0.6 is 0 Å². The standard InChI is InChI=1S/C19H24N2O3/c1-23-14-7-15-24-18-11-6-5-10-17(18)21-19(22)20-13-12-16-8-3-2-4-9-16/h2-6,8-11H,7,12-15H2,1H3,(H2,20,21,22). The van der Waals surface area contributed by atoms with E-state index in [2.05, 4.69) is 10.6 Å². The average molecular weight is 328 g/mol. The van der Waals surface area contributed by atoms with E-state index in [-0.39, 0.29) is 6.03 Å².